The second-order valence-electron chi connectivity index (χ2n) is 3.07. The first kappa shape index (κ1) is 10.0. The fourth-order valence-electron chi connectivity index (χ4n) is 0.963. The molecule has 0 N–H and O–H groups in total. The standard InChI is InChI=1S/C9H9BrClF/c1-9(2,10)6-4-3-5-7(11)8(6)12/h3-5H,1-2H3. The Bertz CT molecular complexity index is 291. The van der Waals surface area contributed by atoms with Crippen LogP contribution in [0.4, 0.5) is 4.39 Å². The third-order valence-corrected chi connectivity index (χ3v) is 2.31. The number of rotatable bonds is 1. The molecule has 12 heavy (non-hydrogen) atoms. The maximum atomic E-state index is 13.3. The quantitative estimate of drug-likeness (QED) is 0.659. The molecule has 0 atom stereocenters. The highest BCUT2D eigenvalue weighted by atomic mass is 79.9. The van der Waals surface area contributed by atoms with Gasteiger partial charge in [0.1, 0.15) is 5.82 Å². The summed E-state index contributed by atoms with van der Waals surface area (Å²) in [6.07, 6.45) is 0. The molecule has 0 fully saturated rings. The number of benzene rings is 1. The molecule has 0 aliphatic rings. The number of hydrogen-bond acceptors (Lipinski definition) is 0. The molecule has 0 aliphatic heterocycles. The summed E-state index contributed by atoms with van der Waals surface area (Å²) in [6, 6.07) is 5.00. The number of alkyl halides is 1. The van der Waals surface area contributed by atoms with Crippen LogP contribution in [0.15, 0.2) is 18.2 Å². The van der Waals surface area contributed by atoms with E-state index in [4.69, 9.17) is 11.6 Å². The Morgan fingerprint density at radius 2 is 2.00 bits per heavy atom. The molecular formula is C9H9BrClF. The molecule has 1 aromatic carbocycles. The van der Waals surface area contributed by atoms with Crippen LogP contribution in [0.25, 0.3) is 0 Å². The molecule has 0 aromatic heterocycles. The van der Waals surface area contributed by atoms with Crippen LogP contribution in [0.2, 0.25) is 5.02 Å². The van der Waals surface area contributed by atoms with E-state index in [2.05, 4.69) is 15.9 Å². The fourth-order valence-corrected chi connectivity index (χ4v) is 1.44. The van der Waals surface area contributed by atoms with Crippen molar-refractivity contribution in [3.05, 3.63) is 34.6 Å². The first-order valence-corrected chi connectivity index (χ1v) is 4.73. The molecule has 66 valence electrons. The van der Waals surface area contributed by atoms with Gasteiger partial charge in [0.2, 0.25) is 0 Å². The maximum absolute atomic E-state index is 13.3. The van der Waals surface area contributed by atoms with Crippen LogP contribution in [0.1, 0.15) is 19.4 Å². The zero-order valence-electron chi connectivity index (χ0n) is 6.87. The van der Waals surface area contributed by atoms with E-state index in [1.54, 1.807) is 18.2 Å². The maximum Gasteiger partial charge on any atom is 0.146 e. The van der Waals surface area contributed by atoms with Crippen LogP contribution in [-0.2, 0) is 4.32 Å². The lowest BCUT2D eigenvalue weighted by Crippen LogP contribution is -2.09. The normalized spacial score (nSPS) is 11.8. The second kappa shape index (κ2) is 3.35. The van der Waals surface area contributed by atoms with Crippen LogP contribution in [0, 0.1) is 5.82 Å². The Morgan fingerprint density at radius 1 is 1.42 bits per heavy atom. The lowest BCUT2D eigenvalue weighted by molar-refractivity contribution is 0.590. The highest BCUT2D eigenvalue weighted by Crippen LogP contribution is 2.33. The van der Waals surface area contributed by atoms with Crippen molar-refractivity contribution in [3.8, 4) is 0 Å². The van der Waals surface area contributed by atoms with E-state index in [1.165, 1.54) is 0 Å². The molecule has 0 nitrogen and oxygen atoms in total. The van der Waals surface area contributed by atoms with Crippen molar-refractivity contribution in [2.75, 3.05) is 0 Å². The molecular weight excluding hydrogens is 242 g/mol. The van der Waals surface area contributed by atoms with Crippen molar-refractivity contribution in [1.29, 1.82) is 0 Å². The molecule has 0 spiro atoms. The molecule has 0 saturated carbocycles. The highest BCUT2D eigenvalue weighted by molar-refractivity contribution is 9.09. The predicted molar refractivity (Wildman–Crippen MR) is 53.4 cm³/mol. The Labute approximate surface area is 84.9 Å². The van der Waals surface area contributed by atoms with Gasteiger partial charge in [-0.25, -0.2) is 4.39 Å². The number of halogens is 3. The summed E-state index contributed by atoms with van der Waals surface area (Å²) in [5, 5.41) is 0.167. The summed E-state index contributed by atoms with van der Waals surface area (Å²) in [4.78, 5) is 0. The van der Waals surface area contributed by atoms with Crippen LogP contribution < -0.4 is 0 Å². The Kier molecular flexibility index (Phi) is 2.79. The van der Waals surface area contributed by atoms with Gasteiger partial charge < -0.3 is 0 Å². The minimum atomic E-state index is -0.373. The molecule has 1 rings (SSSR count). The van der Waals surface area contributed by atoms with E-state index < -0.39 is 0 Å². The molecule has 0 aliphatic carbocycles. The Balaban J connectivity index is 3.26. The summed E-state index contributed by atoms with van der Waals surface area (Å²) in [5.41, 5.74) is 0.579. The van der Waals surface area contributed by atoms with E-state index in [0.29, 0.717) is 5.56 Å². The molecule has 0 saturated heterocycles. The smallest absolute Gasteiger partial charge is 0.146 e. The molecule has 0 radical (unpaired) electrons. The summed E-state index contributed by atoms with van der Waals surface area (Å²) in [5.74, 6) is -0.346. The van der Waals surface area contributed by atoms with E-state index in [9.17, 15) is 4.39 Å². The summed E-state index contributed by atoms with van der Waals surface area (Å²) in [7, 11) is 0. The van der Waals surface area contributed by atoms with Crippen molar-refractivity contribution in [3.63, 3.8) is 0 Å². The lowest BCUT2D eigenvalue weighted by atomic mass is 10.0. The average molecular weight is 252 g/mol. The van der Waals surface area contributed by atoms with Crippen molar-refractivity contribution in [2.24, 2.45) is 0 Å². The second-order valence-corrected chi connectivity index (χ2v) is 5.46. The molecule has 3 heteroatoms. The van der Waals surface area contributed by atoms with Gasteiger partial charge in [0.15, 0.2) is 0 Å². The highest BCUT2D eigenvalue weighted by Gasteiger charge is 2.21. The van der Waals surface area contributed by atoms with Crippen molar-refractivity contribution in [1.82, 2.24) is 0 Å². The SMILES string of the molecule is CC(C)(Br)c1cccc(Cl)c1F. The molecule has 0 unspecified atom stereocenters. The van der Waals surface area contributed by atoms with E-state index in [-0.39, 0.29) is 15.2 Å². The average Bonchev–Trinajstić information content (AvgIpc) is 1.92. The molecule has 0 amide bonds. The largest absolute Gasteiger partial charge is 0.205 e. The monoisotopic (exact) mass is 250 g/mol. The van der Waals surface area contributed by atoms with Crippen LogP contribution >= 0.6 is 27.5 Å². The Morgan fingerprint density at radius 3 is 2.42 bits per heavy atom. The van der Waals surface area contributed by atoms with E-state index in [1.807, 2.05) is 13.8 Å². The van der Waals surface area contributed by atoms with Gasteiger partial charge in [-0.15, -0.1) is 0 Å². The molecule has 0 bridgehead atoms. The first-order chi connectivity index (χ1) is 5.43. The van der Waals surface area contributed by atoms with Gasteiger partial charge >= 0.3 is 0 Å². The van der Waals surface area contributed by atoms with Crippen LogP contribution in [-0.4, -0.2) is 0 Å². The van der Waals surface area contributed by atoms with Gasteiger partial charge in [0.25, 0.3) is 0 Å². The third-order valence-electron chi connectivity index (χ3n) is 1.59. The Hall–Kier alpha value is -0.0800. The van der Waals surface area contributed by atoms with Crippen molar-refractivity contribution >= 4 is 27.5 Å². The molecule has 1 aromatic rings. The zero-order valence-corrected chi connectivity index (χ0v) is 9.21. The number of hydrogen-bond donors (Lipinski definition) is 0. The minimum Gasteiger partial charge on any atom is -0.205 e. The third kappa shape index (κ3) is 1.99. The van der Waals surface area contributed by atoms with Gasteiger partial charge in [-0.3, -0.25) is 0 Å². The van der Waals surface area contributed by atoms with Gasteiger partial charge in [0, 0.05) is 9.89 Å². The molecule has 0 heterocycles. The van der Waals surface area contributed by atoms with Gasteiger partial charge in [-0.05, 0) is 19.9 Å². The zero-order chi connectivity index (χ0) is 9.35. The fraction of sp³-hybridized carbons (Fsp3) is 0.333. The van der Waals surface area contributed by atoms with Crippen molar-refractivity contribution < 1.29 is 4.39 Å². The topological polar surface area (TPSA) is 0 Å². The summed E-state index contributed by atoms with van der Waals surface area (Å²) >= 11 is 9.00. The van der Waals surface area contributed by atoms with E-state index >= 15 is 0 Å². The minimum absolute atomic E-state index is 0.167. The van der Waals surface area contributed by atoms with Gasteiger partial charge in [-0.2, -0.15) is 0 Å². The van der Waals surface area contributed by atoms with E-state index in [0.717, 1.165) is 0 Å². The van der Waals surface area contributed by atoms with Crippen LogP contribution in [0.3, 0.4) is 0 Å². The van der Waals surface area contributed by atoms with Crippen LogP contribution in [0.5, 0.6) is 0 Å². The van der Waals surface area contributed by atoms with Gasteiger partial charge in [0.05, 0.1) is 5.02 Å². The summed E-state index contributed by atoms with van der Waals surface area (Å²) < 4.78 is 13.0. The predicted octanol–water partition coefficient (Wildman–Crippen LogP) is 4.11. The summed E-state index contributed by atoms with van der Waals surface area (Å²) in [6.45, 7) is 3.75. The van der Waals surface area contributed by atoms with Gasteiger partial charge in [-0.1, -0.05) is 39.7 Å². The lowest BCUT2D eigenvalue weighted by Gasteiger charge is -2.17. The first-order valence-electron chi connectivity index (χ1n) is 3.56. The van der Waals surface area contributed by atoms with Crippen molar-refractivity contribution in [2.45, 2.75) is 18.2 Å².